The number of ether oxygens (including phenoxy) is 1. The molecule has 0 unspecified atom stereocenters. The highest BCUT2D eigenvalue weighted by Crippen LogP contribution is 2.23. The molecule has 0 radical (unpaired) electrons. The number of carbonyl (C=O) groups excluding carboxylic acids is 2. The van der Waals surface area contributed by atoms with Gasteiger partial charge in [0.15, 0.2) is 0 Å². The Morgan fingerprint density at radius 2 is 1.88 bits per heavy atom. The van der Waals surface area contributed by atoms with Crippen molar-refractivity contribution in [2.45, 2.75) is 19.8 Å². The second-order valence-corrected chi connectivity index (χ2v) is 5.44. The summed E-state index contributed by atoms with van der Waals surface area (Å²) in [6.45, 7) is 1.73. The standard InChI is InChI=1S/C18H18N2O5/c1-13-11-15(7-8-16(13)20(23)24)25-18(22)9-10-19-17(21)12-14-5-3-2-4-6-14/h2-8,11H,9-10,12H2,1H3,(H,19,21). The highest BCUT2D eigenvalue weighted by Gasteiger charge is 2.13. The van der Waals surface area contributed by atoms with E-state index < -0.39 is 10.9 Å². The molecular formula is C18H18N2O5. The molecule has 0 heterocycles. The molecule has 2 aromatic rings. The first kappa shape index (κ1) is 18.1. The van der Waals surface area contributed by atoms with Crippen LogP contribution in [-0.4, -0.2) is 23.3 Å². The van der Waals surface area contributed by atoms with Crippen LogP contribution in [0.3, 0.4) is 0 Å². The third kappa shape index (κ3) is 5.72. The van der Waals surface area contributed by atoms with E-state index in [1.807, 2.05) is 30.3 Å². The van der Waals surface area contributed by atoms with Gasteiger partial charge in [0, 0.05) is 18.2 Å². The average molecular weight is 342 g/mol. The minimum absolute atomic E-state index is 0.0105. The molecule has 0 aliphatic heterocycles. The Kier molecular flexibility index (Phi) is 6.22. The molecule has 0 spiro atoms. The number of rotatable bonds is 7. The number of amides is 1. The van der Waals surface area contributed by atoms with Gasteiger partial charge in [-0.25, -0.2) is 0 Å². The van der Waals surface area contributed by atoms with Gasteiger partial charge in [-0.1, -0.05) is 30.3 Å². The van der Waals surface area contributed by atoms with Crippen molar-refractivity contribution in [2.24, 2.45) is 0 Å². The highest BCUT2D eigenvalue weighted by atomic mass is 16.6. The van der Waals surface area contributed by atoms with Gasteiger partial charge in [0.05, 0.1) is 17.8 Å². The van der Waals surface area contributed by atoms with Crippen LogP contribution in [-0.2, 0) is 16.0 Å². The SMILES string of the molecule is Cc1cc(OC(=O)CCNC(=O)Cc2ccccc2)ccc1[N+](=O)[O-]. The average Bonchev–Trinajstić information content (AvgIpc) is 2.55. The van der Waals surface area contributed by atoms with Crippen LogP contribution in [0.5, 0.6) is 5.75 Å². The molecule has 0 atom stereocenters. The number of nitro groups is 1. The van der Waals surface area contributed by atoms with Crippen LogP contribution in [0.4, 0.5) is 5.69 Å². The highest BCUT2D eigenvalue weighted by molar-refractivity contribution is 5.79. The molecule has 0 aliphatic rings. The maximum absolute atomic E-state index is 11.8. The number of carbonyl (C=O) groups is 2. The zero-order valence-electron chi connectivity index (χ0n) is 13.7. The Balaban J connectivity index is 1.76. The van der Waals surface area contributed by atoms with E-state index in [1.54, 1.807) is 6.92 Å². The fraction of sp³-hybridized carbons (Fsp3) is 0.222. The Morgan fingerprint density at radius 3 is 2.52 bits per heavy atom. The molecule has 0 saturated carbocycles. The van der Waals surface area contributed by atoms with Crippen LogP contribution in [0.15, 0.2) is 48.5 Å². The lowest BCUT2D eigenvalue weighted by Gasteiger charge is -2.07. The zero-order chi connectivity index (χ0) is 18.2. The summed E-state index contributed by atoms with van der Waals surface area (Å²) < 4.78 is 5.12. The molecule has 130 valence electrons. The summed E-state index contributed by atoms with van der Waals surface area (Å²) in [5.41, 5.74) is 1.27. The van der Waals surface area contributed by atoms with Crippen LogP contribution in [0, 0.1) is 17.0 Å². The molecule has 0 aromatic heterocycles. The Bertz CT molecular complexity index is 774. The van der Waals surface area contributed by atoms with E-state index in [1.165, 1.54) is 18.2 Å². The molecule has 2 aromatic carbocycles. The van der Waals surface area contributed by atoms with Crippen molar-refractivity contribution < 1.29 is 19.2 Å². The minimum Gasteiger partial charge on any atom is -0.426 e. The van der Waals surface area contributed by atoms with Crippen LogP contribution >= 0.6 is 0 Å². The number of hydrogen-bond donors (Lipinski definition) is 1. The molecule has 1 N–H and O–H groups in total. The van der Waals surface area contributed by atoms with Gasteiger partial charge in [0.1, 0.15) is 5.75 Å². The van der Waals surface area contributed by atoms with Crippen molar-refractivity contribution in [3.05, 3.63) is 69.8 Å². The van der Waals surface area contributed by atoms with E-state index in [9.17, 15) is 19.7 Å². The predicted molar refractivity (Wildman–Crippen MR) is 91.2 cm³/mol. The van der Waals surface area contributed by atoms with Gasteiger partial charge in [0.2, 0.25) is 5.91 Å². The summed E-state index contributed by atoms with van der Waals surface area (Å²) in [6.07, 6.45) is 0.258. The maximum Gasteiger partial charge on any atom is 0.312 e. The third-order valence-electron chi connectivity index (χ3n) is 3.46. The van der Waals surface area contributed by atoms with Crippen LogP contribution in [0.1, 0.15) is 17.5 Å². The molecular weight excluding hydrogens is 324 g/mol. The van der Waals surface area contributed by atoms with Gasteiger partial charge in [-0.15, -0.1) is 0 Å². The molecule has 25 heavy (non-hydrogen) atoms. The van der Waals surface area contributed by atoms with Gasteiger partial charge >= 0.3 is 5.97 Å². The van der Waals surface area contributed by atoms with Gasteiger partial charge in [-0.3, -0.25) is 19.7 Å². The van der Waals surface area contributed by atoms with Crippen molar-refractivity contribution in [1.82, 2.24) is 5.32 Å². The number of aryl methyl sites for hydroxylation is 1. The smallest absolute Gasteiger partial charge is 0.312 e. The summed E-state index contributed by atoms with van der Waals surface area (Å²) in [5.74, 6) is -0.456. The van der Waals surface area contributed by atoms with E-state index in [0.29, 0.717) is 5.56 Å². The van der Waals surface area contributed by atoms with E-state index in [2.05, 4.69) is 5.32 Å². The predicted octanol–water partition coefficient (Wildman–Crippen LogP) is 2.56. The normalized spacial score (nSPS) is 10.1. The lowest BCUT2D eigenvalue weighted by molar-refractivity contribution is -0.385. The number of esters is 1. The topological polar surface area (TPSA) is 98.5 Å². The number of nitrogens with zero attached hydrogens (tertiary/aromatic N) is 1. The summed E-state index contributed by atoms with van der Waals surface area (Å²) in [7, 11) is 0. The van der Waals surface area contributed by atoms with Crippen molar-refractivity contribution in [3.63, 3.8) is 0 Å². The Hall–Kier alpha value is -3.22. The third-order valence-corrected chi connectivity index (χ3v) is 3.46. The lowest BCUT2D eigenvalue weighted by atomic mass is 10.1. The summed E-state index contributed by atoms with van der Waals surface area (Å²) in [6, 6.07) is 13.4. The number of nitro benzene ring substituents is 1. The van der Waals surface area contributed by atoms with Gasteiger partial charge < -0.3 is 10.1 Å². The molecule has 0 bridgehead atoms. The van der Waals surface area contributed by atoms with E-state index in [4.69, 9.17) is 4.74 Å². The second kappa shape index (κ2) is 8.58. The Morgan fingerprint density at radius 1 is 1.16 bits per heavy atom. The first-order chi connectivity index (χ1) is 12.0. The van der Waals surface area contributed by atoms with Crippen molar-refractivity contribution in [1.29, 1.82) is 0 Å². The quantitative estimate of drug-likeness (QED) is 0.361. The molecule has 1 amide bonds. The molecule has 0 saturated heterocycles. The van der Waals surface area contributed by atoms with E-state index in [-0.39, 0.29) is 36.7 Å². The molecule has 2 rings (SSSR count). The van der Waals surface area contributed by atoms with Crippen molar-refractivity contribution in [3.8, 4) is 5.75 Å². The zero-order valence-corrected chi connectivity index (χ0v) is 13.7. The maximum atomic E-state index is 11.8. The molecule has 0 aliphatic carbocycles. The van der Waals surface area contributed by atoms with Crippen molar-refractivity contribution in [2.75, 3.05) is 6.54 Å². The first-order valence-electron chi connectivity index (χ1n) is 7.72. The summed E-state index contributed by atoms with van der Waals surface area (Å²) >= 11 is 0. The van der Waals surface area contributed by atoms with E-state index >= 15 is 0 Å². The number of hydrogen-bond acceptors (Lipinski definition) is 5. The lowest BCUT2D eigenvalue weighted by Crippen LogP contribution is -2.28. The fourth-order valence-corrected chi connectivity index (χ4v) is 2.23. The molecule has 0 fully saturated rings. The molecule has 7 heteroatoms. The monoisotopic (exact) mass is 342 g/mol. The first-order valence-corrected chi connectivity index (χ1v) is 7.72. The number of nitrogens with one attached hydrogen (secondary N) is 1. The summed E-state index contributed by atoms with van der Waals surface area (Å²) in [4.78, 5) is 33.8. The van der Waals surface area contributed by atoms with Crippen LogP contribution in [0.25, 0.3) is 0 Å². The molecule has 7 nitrogen and oxygen atoms in total. The fourth-order valence-electron chi connectivity index (χ4n) is 2.23. The number of benzene rings is 2. The van der Waals surface area contributed by atoms with Gasteiger partial charge in [0.25, 0.3) is 5.69 Å². The van der Waals surface area contributed by atoms with E-state index in [0.717, 1.165) is 5.56 Å². The largest absolute Gasteiger partial charge is 0.426 e. The van der Waals surface area contributed by atoms with Crippen molar-refractivity contribution >= 4 is 17.6 Å². The Labute approximate surface area is 144 Å². The second-order valence-electron chi connectivity index (χ2n) is 5.44. The summed E-state index contributed by atoms with van der Waals surface area (Å²) in [5, 5.41) is 13.4. The minimum atomic E-state index is -0.520. The van der Waals surface area contributed by atoms with Gasteiger partial charge in [-0.05, 0) is 24.6 Å². The van der Waals surface area contributed by atoms with Crippen LogP contribution in [0.2, 0.25) is 0 Å². The van der Waals surface area contributed by atoms with Gasteiger partial charge in [-0.2, -0.15) is 0 Å². The van der Waals surface area contributed by atoms with Crippen LogP contribution < -0.4 is 10.1 Å².